The molecule has 0 unspecified atom stereocenters. The van der Waals surface area contributed by atoms with Crippen LogP contribution in [0.15, 0.2) is 47.4 Å². The zero-order valence-corrected chi connectivity index (χ0v) is 16.8. The van der Waals surface area contributed by atoms with E-state index in [1.807, 2.05) is 6.92 Å². The average molecular weight is 409 g/mol. The lowest BCUT2D eigenvalue weighted by molar-refractivity contribution is 0.0841. The molecule has 4 rings (SSSR count). The summed E-state index contributed by atoms with van der Waals surface area (Å²) in [6.07, 6.45) is 3.63. The molecule has 0 amide bonds. The van der Waals surface area contributed by atoms with Crippen LogP contribution in [0.3, 0.4) is 0 Å². The van der Waals surface area contributed by atoms with E-state index in [4.69, 9.17) is 0 Å². The molecule has 1 saturated heterocycles. The van der Waals surface area contributed by atoms with Crippen molar-refractivity contribution in [1.29, 1.82) is 0 Å². The topological polar surface area (TPSA) is 74.9 Å². The second-order valence-electron chi connectivity index (χ2n) is 7.83. The van der Waals surface area contributed by atoms with Crippen molar-refractivity contribution >= 4 is 11.4 Å². The molecule has 30 heavy (non-hydrogen) atoms. The molecule has 3 aromatic rings. The molecule has 0 aliphatic carbocycles. The minimum Gasteiger partial charge on any atom is -0.508 e. The van der Waals surface area contributed by atoms with Crippen molar-refractivity contribution in [3.63, 3.8) is 0 Å². The van der Waals surface area contributed by atoms with Gasteiger partial charge in [0.1, 0.15) is 17.2 Å². The summed E-state index contributed by atoms with van der Waals surface area (Å²) in [7, 11) is 0. The highest BCUT2D eigenvalue weighted by Gasteiger charge is 2.26. The summed E-state index contributed by atoms with van der Waals surface area (Å²) in [6, 6.07) is 8.68. The van der Waals surface area contributed by atoms with E-state index >= 15 is 0 Å². The lowest BCUT2D eigenvalue weighted by Crippen LogP contribution is -2.38. The fraction of sp³-hybridized carbons (Fsp3) is 0.348. The highest BCUT2D eigenvalue weighted by Crippen LogP contribution is 2.22. The number of aryl methyl sites for hydroxylation is 1. The van der Waals surface area contributed by atoms with Gasteiger partial charge in [-0.1, -0.05) is 0 Å². The van der Waals surface area contributed by atoms with Gasteiger partial charge in [0.15, 0.2) is 5.78 Å². The molecule has 156 valence electrons. The minimum absolute atomic E-state index is 0.0471. The lowest BCUT2D eigenvalue weighted by Gasteiger charge is -2.31. The molecular formula is C23H24FN3O3. The van der Waals surface area contributed by atoms with Crippen LogP contribution in [-0.4, -0.2) is 44.8 Å². The van der Waals surface area contributed by atoms with Crippen LogP contribution in [0, 0.1) is 18.7 Å². The van der Waals surface area contributed by atoms with Gasteiger partial charge in [0.25, 0.3) is 5.56 Å². The van der Waals surface area contributed by atoms with Gasteiger partial charge in [-0.25, -0.2) is 9.37 Å². The van der Waals surface area contributed by atoms with E-state index < -0.39 is 0 Å². The van der Waals surface area contributed by atoms with Crippen LogP contribution in [0.25, 0.3) is 5.65 Å². The molecule has 0 spiro atoms. The van der Waals surface area contributed by atoms with Crippen molar-refractivity contribution in [3.8, 4) is 5.75 Å². The van der Waals surface area contributed by atoms with Crippen molar-refractivity contribution in [3.05, 3.63) is 75.6 Å². The van der Waals surface area contributed by atoms with Gasteiger partial charge in [0.05, 0.1) is 0 Å². The predicted octanol–water partition coefficient (Wildman–Crippen LogP) is 2.99. The number of hydrogen-bond acceptors (Lipinski definition) is 5. The molecular weight excluding hydrogens is 385 g/mol. The first-order chi connectivity index (χ1) is 14.4. The number of hydrogen-bond donors (Lipinski definition) is 1. The standard InChI is InChI=1S/C23H24FN3O3/c1-15-20(23(30)27-13-8-19(28)14-21(27)25-15)9-12-26-10-6-17(7-11-26)22(29)16-2-4-18(24)5-3-16/h2-5,8,13-14,17,28H,6-7,9-12H2,1H3. The summed E-state index contributed by atoms with van der Waals surface area (Å²) in [6.45, 7) is 4.10. The lowest BCUT2D eigenvalue weighted by atomic mass is 9.89. The molecule has 7 heteroatoms. The molecule has 0 atom stereocenters. The number of pyridine rings is 1. The molecule has 1 N–H and O–H groups in total. The number of rotatable bonds is 5. The largest absolute Gasteiger partial charge is 0.508 e. The molecule has 0 radical (unpaired) electrons. The van der Waals surface area contributed by atoms with E-state index in [-0.39, 0.29) is 28.8 Å². The van der Waals surface area contributed by atoms with E-state index in [2.05, 4.69) is 9.88 Å². The van der Waals surface area contributed by atoms with Gasteiger partial charge in [-0.3, -0.25) is 14.0 Å². The fourth-order valence-electron chi connectivity index (χ4n) is 4.10. The van der Waals surface area contributed by atoms with Gasteiger partial charge in [0.2, 0.25) is 0 Å². The molecule has 1 aliphatic heterocycles. The molecule has 1 aliphatic rings. The zero-order chi connectivity index (χ0) is 21.3. The number of ketones is 1. The third-order valence-electron chi connectivity index (χ3n) is 5.88. The summed E-state index contributed by atoms with van der Waals surface area (Å²) in [5.41, 5.74) is 2.22. The number of benzene rings is 1. The maximum atomic E-state index is 13.1. The van der Waals surface area contributed by atoms with Crippen LogP contribution >= 0.6 is 0 Å². The van der Waals surface area contributed by atoms with E-state index in [0.29, 0.717) is 28.9 Å². The van der Waals surface area contributed by atoms with Crippen molar-refractivity contribution < 1.29 is 14.3 Å². The quantitative estimate of drug-likeness (QED) is 0.656. The Morgan fingerprint density at radius 2 is 1.90 bits per heavy atom. The van der Waals surface area contributed by atoms with Gasteiger partial charge in [-0.15, -0.1) is 0 Å². The van der Waals surface area contributed by atoms with Crippen molar-refractivity contribution in [2.75, 3.05) is 19.6 Å². The third kappa shape index (κ3) is 4.11. The fourth-order valence-corrected chi connectivity index (χ4v) is 4.10. The molecule has 2 aromatic heterocycles. The number of Topliss-reactive ketones (excluding diaryl/α,β-unsaturated/α-hetero) is 1. The highest BCUT2D eigenvalue weighted by atomic mass is 19.1. The minimum atomic E-state index is -0.340. The van der Waals surface area contributed by atoms with Gasteiger partial charge in [-0.05, 0) is 69.6 Å². The average Bonchev–Trinajstić information content (AvgIpc) is 2.74. The molecule has 0 saturated carbocycles. The summed E-state index contributed by atoms with van der Waals surface area (Å²) in [5, 5.41) is 9.60. The first-order valence-electron chi connectivity index (χ1n) is 10.2. The normalized spacial score (nSPS) is 15.5. The Balaban J connectivity index is 1.38. The SMILES string of the molecule is Cc1nc2cc(O)ccn2c(=O)c1CCN1CCC(C(=O)c2ccc(F)cc2)CC1. The Morgan fingerprint density at radius 1 is 1.20 bits per heavy atom. The highest BCUT2D eigenvalue weighted by molar-refractivity contribution is 5.97. The molecule has 6 nitrogen and oxygen atoms in total. The number of aromatic hydroxyl groups is 1. The van der Waals surface area contributed by atoms with Crippen LogP contribution in [0.4, 0.5) is 4.39 Å². The van der Waals surface area contributed by atoms with Gasteiger partial charge >= 0.3 is 0 Å². The van der Waals surface area contributed by atoms with Crippen molar-refractivity contribution in [2.24, 2.45) is 5.92 Å². The smallest absolute Gasteiger partial charge is 0.261 e. The maximum Gasteiger partial charge on any atom is 0.261 e. The number of fused-ring (bicyclic) bond motifs is 1. The Kier molecular flexibility index (Phi) is 5.63. The van der Waals surface area contributed by atoms with E-state index in [1.54, 1.807) is 12.1 Å². The predicted molar refractivity (Wildman–Crippen MR) is 111 cm³/mol. The first kappa shape index (κ1) is 20.2. The molecule has 3 heterocycles. The Hall–Kier alpha value is -3.06. The van der Waals surface area contributed by atoms with Gasteiger partial charge in [-0.2, -0.15) is 0 Å². The van der Waals surface area contributed by atoms with Crippen LogP contribution < -0.4 is 5.56 Å². The monoisotopic (exact) mass is 409 g/mol. The summed E-state index contributed by atoms with van der Waals surface area (Å²) in [5.74, 6) is -0.237. The van der Waals surface area contributed by atoms with Crippen molar-refractivity contribution in [1.82, 2.24) is 14.3 Å². The second-order valence-corrected chi connectivity index (χ2v) is 7.83. The van der Waals surface area contributed by atoms with Crippen LogP contribution in [-0.2, 0) is 6.42 Å². The maximum absolute atomic E-state index is 13.1. The van der Waals surface area contributed by atoms with Crippen LogP contribution in [0.5, 0.6) is 5.75 Å². The number of nitrogens with zero attached hydrogens (tertiary/aromatic N) is 3. The van der Waals surface area contributed by atoms with E-state index in [9.17, 15) is 19.1 Å². The Morgan fingerprint density at radius 3 is 2.60 bits per heavy atom. The first-order valence-corrected chi connectivity index (χ1v) is 10.2. The van der Waals surface area contributed by atoms with Crippen molar-refractivity contribution in [2.45, 2.75) is 26.2 Å². The van der Waals surface area contributed by atoms with Gasteiger partial charge in [0, 0.05) is 41.5 Å². The number of aromatic nitrogens is 2. The Labute approximate surface area is 173 Å². The molecule has 1 fully saturated rings. The molecule has 1 aromatic carbocycles. The molecule has 0 bridgehead atoms. The zero-order valence-electron chi connectivity index (χ0n) is 16.8. The number of halogens is 1. The van der Waals surface area contributed by atoms with E-state index in [1.165, 1.54) is 34.9 Å². The number of piperidine rings is 1. The summed E-state index contributed by atoms with van der Waals surface area (Å²) in [4.78, 5) is 32.1. The van der Waals surface area contributed by atoms with E-state index in [0.717, 1.165) is 32.5 Å². The third-order valence-corrected chi connectivity index (χ3v) is 5.88. The Bertz CT molecular complexity index is 1130. The summed E-state index contributed by atoms with van der Waals surface area (Å²) >= 11 is 0. The number of likely N-dealkylation sites (tertiary alicyclic amines) is 1. The van der Waals surface area contributed by atoms with Crippen LogP contribution in [0.2, 0.25) is 0 Å². The van der Waals surface area contributed by atoms with Gasteiger partial charge < -0.3 is 10.0 Å². The number of carbonyl (C=O) groups excluding carboxylic acids is 1. The second kappa shape index (κ2) is 8.36. The number of carbonyl (C=O) groups is 1. The summed E-state index contributed by atoms with van der Waals surface area (Å²) < 4.78 is 14.5. The van der Waals surface area contributed by atoms with Crippen LogP contribution in [0.1, 0.15) is 34.5 Å².